The maximum absolute atomic E-state index is 12.5. The largest absolute Gasteiger partial charge is 0.493 e. The lowest BCUT2D eigenvalue weighted by Crippen LogP contribution is -2.33. The first-order valence-electron chi connectivity index (χ1n) is 8.48. The normalized spacial score (nSPS) is 13.3. The molecular formula is C20H20N2O5. The van der Waals surface area contributed by atoms with Gasteiger partial charge in [-0.25, -0.2) is 4.79 Å². The van der Waals surface area contributed by atoms with Gasteiger partial charge in [0, 0.05) is 31.6 Å². The molecule has 7 heteroatoms. The molecule has 27 heavy (non-hydrogen) atoms. The van der Waals surface area contributed by atoms with E-state index in [1.165, 1.54) is 17.0 Å². The second kappa shape index (κ2) is 7.49. The third-order valence-corrected chi connectivity index (χ3v) is 4.37. The van der Waals surface area contributed by atoms with E-state index in [-0.39, 0.29) is 11.5 Å². The first kappa shape index (κ1) is 18.4. The van der Waals surface area contributed by atoms with Crippen LogP contribution in [-0.2, 0) is 11.2 Å². The molecule has 1 heterocycles. The molecule has 0 aromatic heterocycles. The highest BCUT2D eigenvalue weighted by Crippen LogP contribution is 2.28. The number of nitrogens with one attached hydrogen (secondary N) is 1. The molecule has 140 valence electrons. The lowest BCUT2D eigenvalue weighted by atomic mass is 10.0. The molecule has 0 aliphatic carbocycles. The van der Waals surface area contributed by atoms with Gasteiger partial charge >= 0.3 is 5.97 Å². The fraction of sp³-hybridized carbons (Fsp3) is 0.250. The Morgan fingerprint density at radius 2 is 1.74 bits per heavy atom. The van der Waals surface area contributed by atoms with Crippen molar-refractivity contribution in [2.45, 2.75) is 12.5 Å². The number of hydrogen-bond donors (Lipinski definition) is 2. The maximum atomic E-state index is 12.5. The molecular weight excluding hydrogens is 348 g/mol. The highest BCUT2D eigenvalue weighted by atomic mass is 16.5. The Kier molecular flexibility index (Phi) is 5.12. The topological polar surface area (TPSA) is 95.9 Å². The van der Waals surface area contributed by atoms with E-state index in [1.54, 1.807) is 44.4 Å². The van der Waals surface area contributed by atoms with Gasteiger partial charge in [-0.3, -0.25) is 9.59 Å². The van der Waals surface area contributed by atoms with Crippen molar-refractivity contribution in [1.82, 2.24) is 10.2 Å². The molecule has 1 aliphatic rings. The molecule has 3 rings (SSSR count). The maximum Gasteiger partial charge on any atom is 0.330 e. The van der Waals surface area contributed by atoms with Crippen molar-refractivity contribution in [3.8, 4) is 5.75 Å². The van der Waals surface area contributed by atoms with Crippen molar-refractivity contribution in [2.75, 3.05) is 20.7 Å². The number of carbonyl (C=O) groups excluding carboxylic acids is 2. The van der Waals surface area contributed by atoms with E-state index in [0.29, 0.717) is 24.2 Å². The molecule has 2 N–H and O–H groups in total. The van der Waals surface area contributed by atoms with Gasteiger partial charge in [0.25, 0.3) is 11.8 Å². The third kappa shape index (κ3) is 3.92. The predicted molar refractivity (Wildman–Crippen MR) is 97.9 cm³/mol. The number of benzene rings is 2. The highest BCUT2D eigenvalue weighted by molar-refractivity contribution is 5.99. The van der Waals surface area contributed by atoms with Crippen molar-refractivity contribution in [3.05, 3.63) is 64.7 Å². The summed E-state index contributed by atoms with van der Waals surface area (Å²) in [4.78, 5) is 37.5. The van der Waals surface area contributed by atoms with Crippen molar-refractivity contribution < 1.29 is 24.2 Å². The Morgan fingerprint density at radius 1 is 1.07 bits per heavy atom. The van der Waals surface area contributed by atoms with Crippen LogP contribution in [0.2, 0.25) is 0 Å². The summed E-state index contributed by atoms with van der Waals surface area (Å²) in [6.07, 6.45) is 0.713. The Hall–Kier alpha value is -3.35. The first-order chi connectivity index (χ1) is 12.9. The van der Waals surface area contributed by atoms with Crippen molar-refractivity contribution in [3.63, 3.8) is 0 Å². The lowest BCUT2D eigenvalue weighted by Gasteiger charge is -2.16. The van der Waals surface area contributed by atoms with Crippen LogP contribution in [0.3, 0.4) is 0 Å². The van der Waals surface area contributed by atoms with E-state index in [1.807, 2.05) is 0 Å². The van der Waals surface area contributed by atoms with Gasteiger partial charge in [0.2, 0.25) is 0 Å². The number of aliphatic carboxylic acids is 1. The fourth-order valence-corrected chi connectivity index (χ4v) is 2.91. The average Bonchev–Trinajstić information content (AvgIpc) is 3.12. The molecule has 0 saturated carbocycles. The quantitative estimate of drug-likeness (QED) is 0.840. The van der Waals surface area contributed by atoms with Crippen LogP contribution >= 0.6 is 0 Å². The van der Waals surface area contributed by atoms with Crippen molar-refractivity contribution >= 4 is 17.8 Å². The molecule has 1 atom stereocenters. The van der Waals surface area contributed by atoms with Gasteiger partial charge in [-0.1, -0.05) is 6.07 Å². The third-order valence-electron chi connectivity index (χ3n) is 4.37. The van der Waals surface area contributed by atoms with Gasteiger partial charge in [-0.15, -0.1) is 0 Å². The second-order valence-electron chi connectivity index (χ2n) is 6.49. The van der Waals surface area contributed by atoms with Gasteiger partial charge in [0.05, 0.1) is 6.61 Å². The molecule has 0 bridgehead atoms. The molecule has 2 amide bonds. The molecule has 1 unspecified atom stereocenters. The first-order valence-corrected chi connectivity index (χ1v) is 8.48. The SMILES string of the molecule is CN(C)C(=O)c1ccc(C(=O)NC(C(=O)O)c2ccc3c(c2)CCO3)cc1. The summed E-state index contributed by atoms with van der Waals surface area (Å²) >= 11 is 0. The van der Waals surface area contributed by atoms with Crippen LogP contribution < -0.4 is 10.1 Å². The van der Waals surface area contributed by atoms with Crippen LogP contribution in [-0.4, -0.2) is 48.5 Å². The minimum Gasteiger partial charge on any atom is -0.493 e. The summed E-state index contributed by atoms with van der Waals surface area (Å²) in [6, 6.07) is 10.0. The van der Waals surface area contributed by atoms with Crippen LogP contribution in [0.25, 0.3) is 0 Å². The zero-order valence-electron chi connectivity index (χ0n) is 15.1. The molecule has 1 aliphatic heterocycles. The molecule has 2 aromatic carbocycles. The average molecular weight is 368 g/mol. The van der Waals surface area contributed by atoms with Gasteiger partial charge in [0.1, 0.15) is 5.75 Å². The zero-order chi connectivity index (χ0) is 19.6. The van der Waals surface area contributed by atoms with Crippen LogP contribution in [0.4, 0.5) is 0 Å². The summed E-state index contributed by atoms with van der Waals surface area (Å²) in [5.74, 6) is -1.11. The number of carboxylic acids is 1. The van der Waals surface area contributed by atoms with Crippen molar-refractivity contribution in [1.29, 1.82) is 0 Å². The van der Waals surface area contributed by atoms with E-state index in [0.717, 1.165) is 11.3 Å². The number of rotatable bonds is 5. The number of hydrogen-bond acceptors (Lipinski definition) is 4. The van der Waals surface area contributed by atoms with Gasteiger partial charge in [-0.2, -0.15) is 0 Å². The standard InChI is InChI=1S/C20H20N2O5/c1-22(2)19(24)13-5-3-12(4-6-13)18(23)21-17(20(25)26)15-7-8-16-14(11-15)9-10-27-16/h3-8,11,17H,9-10H2,1-2H3,(H,21,23)(H,25,26). The van der Waals surface area contributed by atoms with E-state index < -0.39 is 17.9 Å². The summed E-state index contributed by atoms with van der Waals surface area (Å²) in [6.45, 7) is 0.570. The van der Waals surface area contributed by atoms with Crippen LogP contribution in [0.15, 0.2) is 42.5 Å². The summed E-state index contributed by atoms with van der Waals surface area (Å²) < 4.78 is 5.43. The molecule has 2 aromatic rings. The molecule has 0 radical (unpaired) electrons. The summed E-state index contributed by atoms with van der Waals surface area (Å²) in [7, 11) is 3.28. The lowest BCUT2D eigenvalue weighted by molar-refractivity contribution is -0.139. The van der Waals surface area contributed by atoms with Crippen molar-refractivity contribution in [2.24, 2.45) is 0 Å². The van der Waals surface area contributed by atoms with Crippen LogP contribution in [0.1, 0.15) is 37.9 Å². The number of fused-ring (bicyclic) bond motifs is 1. The van der Waals surface area contributed by atoms with Gasteiger partial charge in [-0.05, 0) is 47.5 Å². The monoisotopic (exact) mass is 368 g/mol. The van der Waals surface area contributed by atoms with Gasteiger partial charge in [0.15, 0.2) is 6.04 Å². The fourth-order valence-electron chi connectivity index (χ4n) is 2.91. The molecule has 7 nitrogen and oxygen atoms in total. The zero-order valence-corrected chi connectivity index (χ0v) is 15.1. The minimum atomic E-state index is -1.17. The highest BCUT2D eigenvalue weighted by Gasteiger charge is 2.25. The summed E-state index contributed by atoms with van der Waals surface area (Å²) in [5, 5.41) is 12.1. The van der Waals surface area contributed by atoms with Crippen LogP contribution in [0.5, 0.6) is 5.75 Å². The van der Waals surface area contributed by atoms with Crippen LogP contribution in [0, 0.1) is 0 Å². The van der Waals surface area contributed by atoms with Gasteiger partial charge < -0.3 is 20.1 Å². The Labute approximate surface area is 156 Å². The number of amides is 2. The number of nitrogens with zero attached hydrogens (tertiary/aromatic N) is 1. The smallest absolute Gasteiger partial charge is 0.330 e. The van der Waals surface area contributed by atoms with E-state index >= 15 is 0 Å². The molecule has 0 spiro atoms. The summed E-state index contributed by atoms with van der Waals surface area (Å²) in [5.41, 5.74) is 2.14. The predicted octanol–water partition coefficient (Wildman–Crippen LogP) is 1.88. The number of ether oxygens (including phenoxy) is 1. The number of carbonyl (C=O) groups is 3. The van der Waals surface area contributed by atoms with E-state index in [4.69, 9.17) is 4.74 Å². The Bertz CT molecular complexity index is 890. The second-order valence-corrected chi connectivity index (χ2v) is 6.49. The van der Waals surface area contributed by atoms with E-state index in [2.05, 4.69) is 5.32 Å². The Balaban J connectivity index is 1.78. The molecule has 0 fully saturated rings. The number of carboxylic acid groups (broad SMARTS) is 1. The minimum absolute atomic E-state index is 0.175. The molecule has 0 saturated heterocycles. The van der Waals surface area contributed by atoms with E-state index in [9.17, 15) is 19.5 Å². The Morgan fingerprint density at radius 3 is 2.37 bits per heavy atom.